The second-order valence-electron chi connectivity index (χ2n) is 9.23. The number of hydrogen-bond acceptors (Lipinski definition) is 10. The van der Waals surface area contributed by atoms with Crippen molar-refractivity contribution in [2.45, 2.75) is 67.8 Å². The molecule has 0 saturated carbocycles. The van der Waals surface area contributed by atoms with Crippen LogP contribution in [0, 0.1) is 0 Å². The molecule has 2 heterocycles. The van der Waals surface area contributed by atoms with Crippen molar-refractivity contribution in [1.29, 1.82) is 0 Å². The lowest BCUT2D eigenvalue weighted by Crippen LogP contribution is -3.12. The van der Waals surface area contributed by atoms with Gasteiger partial charge in [-0.3, -0.25) is 4.79 Å². The molecule has 0 radical (unpaired) electrons. The Morgan fingerprint density at radius 2 is 1.94 bits per heavy atom. The summed E-state index contributed by atoms with van der Waals surface area (Å²) in [6.45, 7) is 2.58. The Balaban J connectivity index is 1.62. The molecule has 1 unspecified atom stereocenters. The van der Waals surface area contributed by atoms with Crippen LogP contribution in [-0.2, 0) is 19.0 Å². The Kier molecular flexibility index (Phi) is 10.4. The van der Waals surface area contributed by atoms with Gasteiger partial charge in [0.2, 0.25) is 0 Å². The summed E-state index contributed by atoms with van der Waals surface area (Å²) in [5.74, 6) is -0.853. The molecule has 2 saturated heterocycles. The maximum atomic E-state index is 13.0. The number of likely N-dealkylation sites (tertiary alicyclic amines) is 1. The summed E-state index contributed by atoms with van der Waals surface area (Å²) in [7, 11) is 3.43. The van der Waals surface area contributed by atoms with Gasteiger partial charge in [0.15, 0.2) is 6.04 Å². The predicted molar refractivity (Wildman–Crippen MR) is 131 cm³/mol. The molecule has 0 bridgehead atoms. The van der Waals surface area contributed by atoms with Crippen molar-refractivity contribution in [3.63, 3.8) is 0 Å². The Labute approximate surface area is 214 Å². The van der Waals surface area contributed by atoms with Crippen LogP contribution < -0.4 is 10.2 Å². The zero-order chi connectivity index (χ0) is 26.4. The minimum absolute atomic E-state index is 0.0388. The topological polar surface area (TPSA) is 159 Å². The number of likely N-dealkylation sites (N-methyl/N-ethyl adjacent to an activating group) is 1. The number of thioether (sulfide) groups is 1. The summed E-state index contributed by atoms with van der Waals surface area (Å²) >= 11 is 1.10. The van der Waals surface area contributed by atoms with E-state index >= 15 is 0 Å². The van der Waals surface area contributed by atoms with Gasteiger partial charge in [-0.15, -0.1) is 11.8 Å². The number of hydrogen-bond donors (Lipinski definition) is 6. The Morgan fingerprint density at radius 3 is 2.58 bits per heavy atom. The van der Waals surface area contributed by atoms with Crippen molar-refractivity contribution in [2.24, 2.45) is 0 Å². The number of carbonyl (C=O) groups is 2. The van der Waals surface area contributed by atoms with Crippen LogP contribution >= 0.6 is 11.8 Å². The maximum Gasteiger partial charge on any atom is 0.341 e. The standard InChI is InChI=1S/C24H36N2O9S/c1-13(33-3)17(25-22(31)15-8-6-10-26(15)2)21-19(29)18(28)20(30)24(35-21)36-12-11-34-23(32)14-7-4-5-9-16(14)27/h4-5,7,9,13,15,17-21,24,27-30H,6,8,10-12H2,1-3H3,(H,25,31)/p+1/t13-,15+,17-,18+,19-,20-,21-,24-/m1/s1. The highest BCUT2D eigenvalue weighted by Crippen LogP contribution is 2.31. The van der Waals surface area contributed by atoms with Crippen molar-refractivity contribution in [3.05, 3.63) is 29.8 Å². The van der Waals surface area contributed by atoms with Crippen LogP contribution in [0.3, 0.4) is 0 Å². The van der Waals surface area contributed by atoms with E-state index in [1.807, 2.05) is 7.05 Å². The summed E-state index contributed by atoms with van der Waals surface area (Å²) in [6, 6.07) is 5.01. The maximum absolute atomic E-state index is 13.0. The van der Waals surface area contributed by atoms with Gasteiger partial charge in [0, 0.05) is 25.7 Å². The number of quaternary nitrogens is 1. The van der Waals surface area contributed by atoms with E-state index < -0.39 is 48.0 Å². The minimum Gasteiger partial charge on any atom is -0.507 e. The summed E-state index contributed by atoms with van der Waals surface area (Å²) in [5.41, 5.74) is -0.919. The smallest absolute Gasteiger partial charge is 0.341 e. The Hall–Kier alpha value is -1.93. The van der Waals surface area contributed by atoms with E-state index in [1.165, 1.54) is 19.2 Å². The van der Waals surface area contributed by atoms with E-state index in [-0.39, 0.29) is 35.6 Å². The van der Waals surface area contributed by atoms with Gasteiger partial charge in [0.25, 0.3) is 5.91 Å². The monoisotopic (exact) mass is 529 g/mol. The van der Waals surface area contributed by atoms with Gasteiger partial charge >= 0.3 is 5.97 Å². The van der Waals surface area contributed by atoms with Crippen LogP contribution in [0.25, 0.3) is 0 Å². The highest BCUT2D eigenvalue weighted by molar-refractivity contribution is 7.99. The molecule has 36 heavy (non-hydrogen) atoms. The highest BCUT2D eigenvalue weighted by atomic mass is 32.2. The number of esters is 1. The molecule has 0 spiro atoms. The van der Waals surface area contributed by atoms with Gasteiger partial charge < -0.3 is 44.9 Å². The molecule has 2 fully saturated rings. The molecular weight excluding hydrogens is 492 g/mol. The van der Waals surface area contributed by atoms with E-state index in [0.29, 0.717) is 0 Å². The third kappa shape index (κ3) is 6.68. The average Bonchev–Trinajstić information content (AvgIpc) is 3.30. The van der Waals surface area contributed by atoms with Gasteiger partial charge in [-0.2, -0.15) is 0 Å². The van der Waals surface area contributed by atoms with Crippen molar-refractivity contribution < 1.29 is 49.1 Å². The predicted octanol–water partition coefficient (Wildman–Crippen LogP) is -1.71. The first-order valence-electron chi connectivity index (χ1n) is 12.1. The third-order valence-electron chi connectivity index (χ3n) is 6.84. The number of aliphatic hydroxyl groups excluding tert-OH is 3. The van der Waals surface area contributed by atoms with Crippen LogP contribution in [0.1, 0.15) is 30.1 Å². The van der Waals surface area contributed by atoms with Crippen LogP contribution in [-0.4, -0.2) is 113 Å². The van der Waals surface area contributed by atoms with E-state index in [1.54, 1.807) is 19.1 Å². The van der Waals surface area contributed by atoms with Crippen molar-refractivity contribution >= 4 is 23.6 Å². The number of phenolic OH excluding ortho intramolecular Hbond substituents is 1. The molecule has 6 N–H and O–H groups in total. The van der Waals surface area contributed by atoms with E-state index in [0.717, 1.165) is 36.0 Å². The van der Waals surface area contributed by atoms with Gasteiger partial charge in [0.1, 0.15) is 47.8 Å². The van der Waals surface area contributed by atoms with Crippen molar-refractivity contribution in [2.75, 3.05) is 33.1 Å². The molecule has 0 aliphatic carbocycles. The number of ether oxygens (including phenoxy) is 3. The van der Waals surface area contributed by atoms with E-state index in [2.05, 4.69) is 5.32 Å². The quantitative estimate of drug-likeness (QED) is 0.152. The SMILES string of the molecule is CO[C@H](C)[C@@H](NC(=O)[C@@H]1CCC[NH+]1C)[C@H]1O[C@H](SCCOC(=O)c2ccccc2O)[C@H](O)[C@@H](O)[C@H]1O. The molecular formula is C24H37N2O9S+. The molecule has 0 aromatic heterocycles. The second kappa shape index (κ2) is 13.0. The fourth-order valence-electron chi connectivity index (χ4n) is 4.57. The number of carbonyl (C=O) groups excluding carboxylic acids is 2. The summed E-state index contributed by atoms with van der Waals surface area (Å²) < 4.78 is 16.6. The first kappa shape index (κ1) is 28.6. The normalized spacial score (nSPS) is 32.0. The zero-order valence-corrected chi connectivity index (χ0v) is 21.5. The molecule has 11 nitrogen and oxygen atoms in total. The summed E-state index contributed by atoms with van der Waals surface area (Å²) in [6.07, 6.45) is -4.31. The van der Waals surface area contributed by atoms with Crippen LogP contribution in [0.4, 0.5) is 0 Å². The summed E-state index contributed by atoms with van der Waals surface area (Å²) in [5, 5.41) is 44.5. The average molecular weight is 530 g/mol. The van der Waals surface area contributed by atoms with Crippen molar-refractivity contribution in [3.8, 4) is 5.75 Å². The lowest BCUT2D eigenvalue weighted by molar-refractivity contribution is -0.882. The second-order valence-corrected chi connectivity index (χ2v) is 10.4. The fourth-order valence-corrected chi connectivity index (χ4v) is 5.55. The molecule has 2 aliphatic heterocycles. The molecule has 2 aliphatic rings. The largest absolute Gasteiger partial charge is 0.507 e. The van der Waals surface area contributed by atoms with E-state index in [4.69, 9.17) is 14.2 Å². The van der Waals surface area contributed by atoms with Gasteiger partial charge in [0.05, 0.1) is 25.7 Å². The van der Waals surface area contributed by atoms with Gasteiger partial charge in [-0.25, -0.2) is 4.79 Å². The number of nitrogens with one attached hydrogen (secondary N) is 2. The number of aromatic hydroxyl groups is 1. The van der Waals surface area contributed by atoms with Crippen LogP contribution in [0.2, 0.25) is 0 Å². The Bertz CT molecular complexity index is 891. The lowest BCUT2D eigenvalue weighted by atomic mass is 9.92. The minimum atomic E-state index is -1.52. The third-order valence-corrected chi connectivity index (χ3v) is 7.97. The molecule has 12 heteroatoms. The fraction of sp³-hybridized carbons (Fsp3) is 0.667. The number of rotatable bonds is 10. The summed E-state index contributed by atoms with van der Waals surface area (Å²) in [4.78, 5) is 26.2. The number of aliphatic hydroxyl groups is 3. The van der Waals surface area contributed by atoms with Crippen molar-refractivity contribution in [1.82, 2.24) is 5.32 Å². The molecule has 1 aromatic carbocycles. The first-order chi connectivity index (χ1) is 17.1. The number of methoxy groups -OCH3 is 1. The number of para-hydroxylation sites is 1. The first-order valence-corrected chi connectivity index (χ1v) is 13.1. The van der Waals surface area contributed by atoms with E-state index in [9.17, 15) is 30.0 Å². The molecule has 1 aromatic rings. The zero-order valence-electron chi connectivity index (χ0n) is 20.7. The highest BCUT2D eigenvalue weighted by Gasteiger charge is 2.49. The van der Waals surface area contributed by atoms with Gasteiger partial charge in [-0.1, -0.05) is 12.1 Å². The molecule has 3 rings (SSSR count). The number of amides is 1. The van der Waals surface area contributed by atoms with Gasteiger partial charge in [-0.05, 0) is 19.1 Å². The molecule has 1 amide bonds. The van der Waals surface area contributed by atoms with Crippen LogP contribution in [0.5, 0.6) is 5.75 Å². The molecule has 202 valence electrons. The number of benzene rings is 1. The number of phenols is 1. The lowest BCUT2D eigenvalue weighted by Gasteiger charge is -2.44. The molecule has 9 atom stereocenters. The Morgan fingerprint density at radius 1 is 1.22 bits per heavy atom. The van der Waals surface area contributed by atoms with Crippen LogP contribution in [0.15, 0.2) is 24.3 Å².